The average Bonchev–Trinajstić information content (AvgIpc) is 3.24. The zero-order valence-electron chi connectivity index (χ0n) is 11.7. The van der Waals surface area contributed by atoms with Crippen molar-refractivity contribution in [2.75, 3.05) is 6.54 Å². The normalized spacial score (nSPS) is 19.1. The van der Waals surface area contributed by atoms with Crippen LogP contribution >= 0.6 is 11.3 Å². The summed E-state index contributed by atoms with van der Waals surface area (Å²) in [5.74, 6) is 1.73. The van der Waals surface area contributed by atoms with Gasteiger partial charge in [0.2, 0.25) is 0 Å². The van der Waals surface area contributed by atoms with Crippen molar-refractivity contribution in [3.63, 3.8) is 0 Å². The summed E-state index contributed by atoms with van der Waals surface area (Å²) in [7, 11) is 0. The fourth-order valence-electron chi connectivity index (χ4n) is 2.74. The molecule has 0 aromatic carbocycles. The molecule has 0 saturated heterocycles. The lowest BCUT2D eigenvalue weighted by atomic mass is 10.1. The minimum absolute atomic E-state index is 0.651. The first-order chi connectivity index (χ1) is 9.79. The zero-order chi connectivity index (χ0) is 13.5. The number of thiazole rings is 1. The highest BCUT2D eigenvalue weighted by Crippen LogP contribution is 2.38. The van der Waals surface area contributed by atoms with Gasteiger partial charge in [0.05, 0.1) is 11.2 Å². The number of hydrogen-bond acceptors (Lipinski definition) is 5. The Hall–Kier alpha value is -1.33. The van der Waals surface area contributed by atoms with Gasteiger partial charge in [-0.15, -0.1) is 11.3 Å². The fourth-order valence-corrected chi connectivity index (χ4v) is 3.56. The highest BCUT2D eigenvalue weighted by molar-refractivity contribution is 7.09. The number of hydrogen-bond donors (Lipinski definition) is 0. The van der Waals surface area contributed by atoms with E-state index < -0.39 is 0 Å². The number of rotatable bonds is 3. The molecule has 4 rings (SSSR count). The molecule has 104 valence electrons. The van der Waals surface area contributed by atoms with Crippen LogP contribution in [-0.2, 0) is 19.5 Å². The fraction of sp³-hybridized carbons (Fsp3) is 0.533. The van der Waals surface area contributed by atoms with Crippen LogP contribution in [0.4, 0.5) is 0 Å². The van der Waals surface area contributed by atoms with E-state index in [1.165, 1.54) is 34.7 Å². The van der Waals surface area contributed by atoms with Crippen molar-refractivity contribution in [1.29, 1.82) is 0 Å². The van der Waals surface area contributed by atoms with Crippen molar-refractivity contribution in [3.05, 3.63) is 39.4 Å². The minimum Gasteiger partial charge on any atom is -0.293 e. The molecule has 2 aromatic rings. The maximum Gasteiger partial charge on any atom is 0.131 e. The Morgan fingerprint density at radius 1 is 1.35 bits per heavy atom. The van der Waals surface area contributed by atoms with Crippen molar-refractivity contribution in [1.82, 2.24) is 19.9 Å². The summed E-state index contributed by atoms with van der Waals surface area (Å²) in [5, 5.41) is 0. The van der Waals surface area contributed by atoms with Crippen LogP contribution in [0.5, 0.6) is 0 Å². The molecule has 0 amide bonds. The van der Waals surface area contributed by atoms with Crippen LogP contribution in [0, 0.1) is 6.92 Å². The van der Waals surface area contributed by atoms with Gasteiger partial charge < -0.3 is 0 Å². The Balaban J connectivity index is 1.50. The van der Waals surface area contributed by atoms with Gasteiger partial charge in [-0.3, -0.25) is 4.90 Å². The summed E-state index contributed by atoms with van der Waals surface area (Å²) in [6.07, 6.45) is 5.65. The molecule has 0 radical (unpaired) electrons. The molecule has 0 unspecified atom stereocenters. The molecule has 0 bridgehead atoms. The highest BCUT2D eigenvalue weighted by Gasteiger charge is 2.28. The average molecular weight is 286 g/mol. The lowest BCUT2D eigenvalue weighted by Gasteiger charge is -2.27. The molecule has 1 fully saturated rings. The van der Waals surface area contributed by atoms with Crippen LogP contribution in [0.15, 0.2) is 11.7 Å². The topological polar surface area (TPSA) is 41.9 Å². The number of aromatic nitrogens is 3. The van der Waals surface area contributed by atoms with Crippen LogP contribution in [0.25, 0.3) is 0 Å². The molecule has 2 aromatic heterocycles. The van der Waals surface area contributed by atoms with E-state index in [-0.39, 0.29) is 0 Å². The second kappa shape index (κ2) is 4.90. The predicted molar refractivity (Wildman–Crippen MR) is 78.7 cm³/mol. The molecule has 1 aliphatic carbocycles. The van der Waals surface area contributed by atoms with Gasteiger partial charge in [0.1, 0.15) is 5.82 Å². The van der Waals surface area contributed by atoms with Crippen molar-refractivity contribution >= 4 is 11.3 Å². The molecule has 2 aliphatic rings. The summed E-state index contributed by atoms with van der Waals surface area (Å²) in [6, 6.07) is 0. The second-order valence-corrected chi connectivity index (χ2v) is 6.74. The van der Waals surface area contributed by atoms with Crippen LogP contribution < -0.4 is 0 Å². The summed E-state index contributed by atoms with van der Waals surface area (Å²) < 4.78 is 0. The van der Waals surface area contributed by atoms with E-state index in [1.807, 2.05) is 5.51 Å². The Bertz CT molecular complexity index is 633. The molecule has 20 heavy (non-hydrogen) atoms. The van der Waals surface area contributed by atoms with E-state index in [0.29, 0.717) is 5.92 Å². The molecular formula is C15H18N4S. The SMILES string of the molecule is Cc1ncsc1CN1CCc2nc(C3CC3)ncc2C1. The van der Waals surface area contributed by atoms with Gasteiger partial charge in [0.25, 0.3) is 0 Å². The first-order valence-corrected chi connectivity index (χ1v) is 8.13. The number of aryl methyl sites for hydroxylation is 1. The summed E-state index contributed by atoms with van der Waals surface area (Å²) >= 11 is 1.76. The van der Waals surface area contributed by atoms with Crippen LogP contribution in [0.1, 0.15) is 46.4 Å². The number of nitrogens with zero attached hydrogens (tertiary/aromatic N) is 4. The standard InChI is InChI=1S/C15H18N4S/c1-10-14(20-9-17-10)8-19-5-4-13-12(7-19)6-16-15(18-13)11-2-3-11/h6,9,11H,2-5,7-8H2,1H3. The quantitative estimate of drug-likeness (QED) is 0.870. The first kappa shape index (κ1) is 12.4. The van der Waals surface area contributed by atoms with Gasteiger partial charge in [-0.2, -0.15) is 0 Å². The molecule has 4 nitrogen and oxygen atoms in total. The second-order valence-electron chi connectivity index (χ2n) is 5.80. The Labute approximate surface area is 122 Å². The largest absolute Gasteiger partial charge is 0.293 e. The third-order valence-electron chi connectivity index (χ3n) is 4.19. The van der Waals surface area contributed by atoms with E-state index in [2.05, 4.69) is 28.0 Å². The Morgan fingerprint density at radius 2 is 2.25 bits per heavy atom. The maximum atomic E-state index is 4.78. The molecule has 1 saturated carbocycles. The van der Waals surface area contributed by atoms with Crippen molar-refractivity contribution in [2.45, 2.75) is 45.2 Å². The monoisotopic (exact) mass is 286 g/mol. The molecule has 3 heterocycles. The lowest BCUT2D eigenvalue weighted by molar-refractivity contribution is 0.244. The van der Waals surface area contributed by atoms with Crippen molar-refractivity contribution in [2.24, 2.45) is 0 Å². The first-order valence-electron chi connectivity index (χ1n) is 7.25. The molecular weight excluding hydrogens is 268 g/mol. The van der Waals surface area contributed by atoms with Crippen LogP contribution in [0.2, 0.25) is 0 Å². The van der Waals surface area contributed by atoms with Crippen molar-refractivity contribution < 1.29 is 0 Å². The van der Waals surface area contributed by atoms with E-state index in [4.69, 9.17) is 4.98 Å². The van der Waals surface area contributed by atoms with Gasteiger partial charge in [-0.1, -0.05) is 0 Å². The lowest BCUT2D eigenvalue weighted by Crippen LogP contribution is -2.31. The summed E-state index contributed by atoms with van der Waals surface area (Å²) in [6.45, 7) is 5.15. The Kier molecular flexibility index (Phi) is 3.04. The summed E-state index contributed by atoms with van der Waals surface area (Å²) in [4.78, 5) is 17.5. The molecule has 1 aliphatic heterocycles. The molecule has 0 atom stereocenters. The molecule has 0 spiro atoms. The smallest absolute Gasteiger partial charge is 0.131 e. The third kappa shape index (κ3) is 2.36. The van der Waals surface area contributed by atoms with Crippen LogP contribution in [0.3, 0.4) is 0 Å². The Morgan fingerprint density at radius 3 is 3.00 bits per heavy atom. The maximum absolute atomic E-state index is 4.78. The van der Waals surface area contributed by atoms with Gasteiger partial charge in [-0.05, 0) is 19.8 Å². The molecule has 0 N–H and O–H groups in total. The van der Waals surface area contributed by atoms with Crippen molar-refractivity contribution in [3.8, 4) is 0 Å². The minimum atomic E-state index is 0.651. The van der Waals surface area contributed by atoms with Gasteiger partial charge in [0.15, 0.2) is 0 Å². The summed E-state index contributed by atoms with van der Waals surface area (Å²) in [5.41, 5.74) is 5.69. The highest BCUT2D eigenvalue weighted by atomic mass is 32.1. The van der Waals surface area contributed by atoms with Gasteiger partial charge in [-0.25, -0.2) is 15.0 Å². The van der Waals surface area contributed by atoms with E-state index in [1.54, 1.807) is 11.3 Å². The third-order valence-corrected chi connectivity index (χ3v) is 5.11. The van der Waals surface area contributed by atoms with E-state index >= 15 is 0 Å². The van der Waals surface area contributed by atoms with Crippen LogP contribution in [-0.4, -0.2) is 26.4 Å². The molecule has 5 heteroatoms. The van der Waals surface area contributed by atoms with Gasteiger partial charge in [0, 0.05) is 54.3 Å². The number of fused-ring (bicyclic) bond motifs is 1. The van der Waals surface area contributed by atoms with E-state index in [0.717, 1.165) is 31.9 Å². The van der Waals surface area contributed by atoms with E-state index in [9.17, 15) is 0 Å². The zero-order valence-corrected chi connectivity index (χ0v) is 12.5. The van der Waals surface area contributed by atoms with Gasteiger partial charge >= 0.3 is 0 Å². The predicted octanol–water partition coefficient (Wildman–Crippen LogP) is 2.68.